The fourth-order valence-electron chi connectivity index (χ4n) is 2.93. The number of thiazole rings is 1. The summed E-state index contributed by atoms with van der Waals surface area (Å²) in [4.78, 5) is 27.9. The number of rotatable bonds is 7. The second kappa shape index (κ2) is 8.27. The van der Waals surface area contributed by atoms with Gasteiger partial charge in [0.25, 0.3) is 0 Å². The van der Waals surface area contributed by atoms with Crippen molar-refractivity contribution < 1.29 is 14.7 Å². The zero-order chi connectivity index (χ0) is 15.9. The molecule has 1 amide bonds. The Balaban J connectivity index is 1.78. The van der Waals surface area contributed by atoms with E-state index in [1.807, 2.05) is 6.92 Å². The SMILES string of the molecule is Cc1nc(NC(=O)CCC2CCCCC2)sc1CCC(=O)O. The highest BCUT2D eigenvalue weighted by atomic mass is 32.1. The molecule has 1 aromatic rings. The molecule has 6 heteroatoms. The van der Waals surface area contributed by atoms with Crippen LogP contribution in [-0.2, 0) is 16.0 Å². The summed E-state index contributed by atoms with van der Waals surface area (Å²) in [5.41, 5.74) is 0.814. The number of hydrogen-bond acceptors (Lipinski definition) is 4. The lowest BCUT2D eigenvalue weighted by atomic mass is 9.86. The highest BCUT2D eigenvalue weighted by Gasteiger charge is 2.16. The van der Waals surface area contributed by atoms with Gasteiger partial charge in [-0.05, 0) is 25.7 Å². The second-order valence-electron chi connectivity index (χ2n) is 6.01. The zero-order valence-corrected chi connectivity index (χ0v) is 13.9. The van der Waals surface area contributed by atoms with Crippen LogP contribution < -0.4 is 5.32 Å². The summed E-state index contributed by atoms with van der Waals surface area (Å²) in [6, 6.07) is 0. The maximum Gasteiger partial charge on any atom is 0.303 e. The Kier molecular flexibility index (Phi) is 6.36. The molecule has 0 aliphatic heterocycles. The minimum Gasteiger partial charge on any atom is -0.481 e. The van der Waals surface area contributed by atoms with Gasteiger partial charge in [0.2, 0.25) is 5.91 Å². The topological polar surface area (TPSA) is 79.3 Å². The van der Waals surface area contributed by atoms with Crippen molar-refractivity contribution in [2.24, 2.45) is 5.92 Å². The molecule has 0 saturated heterocycles. The first-order valence-corrected chi connectivity index (χ1v) is 8.84. The highest BCUT2D eigenvalue weighted by molar-refractivity contribution is 7.15. The average molecular weight is 324 g/mol. The van der Waals surface area contributed by atoms with Crippen molar-refractivity contribution >= 4 is 28.3 Å². The van der Waals surface area contributed by atoms with E-state index in [2.05, 4.69) is 10.3 Å². The number of anilines is 1. The number of carboxylic acid groups (broad SMARTS) is 1. The molecule has 1 heterocycles. The summed E-state index contributed by atoms with van der Waals surface area (Å²) in [6.07, 6.45) is 8.51. The molecular formula is C16H24N2O3S. The number of aromatic nitrogens is 1. The molecule has 22 heavy (non-hydrogen) atoms. The third-order valence-corrected chi connectivity index (χ3v) is 5.34. The van der Waals surface area contributed by atoms with E-state index < -0.39 is 5.97 Å². The highest BCUT2D eigenvalue weighted by Crippen LogP contribution is 2.28. The normalized spacial score (nSPS) is 15.7. The molecule has 0 aromatic carbocycles. The van der Waals surface area contributed by atoms with Gasteiger partial charge in [-0.2, -0.15) is 0 Å². The Bertz CT molecular complexity index is 521. The number of carbonyl (C=O) groups excluding carboxylic acids is 1. The minimum absolute atomic E-state index is 0.0177. The summed E-state index contributed by atoms with van der Waals surface area (Å²) in [6.45, 7) is 1.85. The van der Waals surface area contributed by atoms with Crippen LogP contribution in [-0.4, -0.2) is 22.0 Å². The molecule has 1 aliphatic carbocycles. The van der Waals surface area contributed by atoms with Crippen LogP contribution >= 0.6 is 11.3 Å². The number of carbonyl (C=O) groups is 2. The monoisotopic (exact) mass is 324 g/mol. The van der Waals surface area contributed by atoms with E-state index in [0.717, 1.165) is 17.0 Å². The van der Waals surface area contributed by atoms with E-state index in [1.54, 1.807) is 0 Å². The smallest absolute Gasteiger partial charge is 0.303 e. The third-order valence-electron chi connectivity index (χ3n) is 4.21. The number of nitrogens with zero attached hydrogens (tertiary/aromatic N) is 1. The lowest BCUT2D eigenvalue weighted by Gasteiger charge is -2.20. The Labute approximate surface area is 135 Å². The molecule has 122 valence electrons. The number of aryl methyl sites for hydroxylation is 2. The molecule has 1 saturated carbocycles. The average Bonchev–Trinajstić information content (AvgIpc) is 2.84. The Morgan fingerprint density at radius 3 is 2.68 bits per heavy atom. The quantitative estimate of drug-likeness (QED) is 0.800. The van der Waals surface area contributed by atoms with Crippen molar-refractivity contribution in [3.8, 4) is 0 Å². The molecule has 1 aliphatic rings. The van der Waals surface area contributed by atoms with Gasteiger partial charge in [0.05, 0.1) is 12.1 Å². The minimum atomic E-state index is -0.814. The van der Waals surface area contributed by atoms with Gasteiger partial charge in [-0.15, -0.1) is 11.3 Å². The van der Waals surface area contributed by atoms with E-state index in [-0.39, 0.29) is 12.3 Å². The number of hydrogen-bond donors (Lipinski definition) is 2. The summed E-state index contributed by atoms with van der Waals surface area (Å²) >= 11 is 1.38. The molecule has 2 N–H and O–H groups in total. The van der Waals surface area contributed by atoms with E-state index in [9.17, 15) is 9.59 Å². The fraction of sp³-hybridized carbons (Fsp3) is 0.688. The van der Waals surface area contributed by atoms with Crippen LogP contribution in [0.2, 0.25) is 0 Å². The molecule has 0 unspecified atom stereocenters. The second-order valence-corrected chi connectivity index (χ2v) is 7.10. The largest absolute Gasteiger partial charge is 0.481 e. The van der Waals surface area contributed by atoms with E-state index in [0.29, 0.717) is 23.9 Å². The number of amides is 1. The number of carboxylic acids is 1. The van der Waals surface area contributed by atoms with Crippen molar-refractivity contribution in [3.63, 3.8) is 0 Å². The molecule has 0 spiro atoms. The maximum absolute atomic E-state index is 12.0. The zero-order valence-electron chi connectivity index (χ0n) is 13.1. The van der Waals surface area contributed by atoms with Crippen LogP contribution in [0.3, 0.4) is 0 Å². The van der Waals surface area contributed by atoms with Crippen LogP contribution in [0.25, 0.3) is 0 Å². The number of aliphatic carboxylic acids is 1. The predicted molar refractivity (Wildman–Crippen MR) is 87.2 cm³/mol. The maximum atomic E-state index is 12.0. The molecule has 2 rings (SSSR count). The van der Waals surface area contributed by atoms with Gasteiger partial charge in [0.1, 0.15) is 0 Å². The van der Waals surface area contributed by atoms with E-state index in [1.165, 1.54) is 43.4 Å². The summed E-state index contributed by atoms with van der Waals surface area (Å²) in [5, 5.41) is 12.2. The molecule has 0 radical (unpaired) electrons. The third kappa shape index (κ3) is 5.40. The number of nitrogens with one attached hydrogen (secondary N) is 1. The molecule has 5 nitrogen and oxygen atoms in total. The molecular weight excluding hydrogens is 300 g/mol. The molecule has 0 atom stereocenters. The van der Waals surface area contributed by atoms with Crippen LogP contribution in [0, 0.1) is 12.8 Å². The van der Waals surface area contributed by atoms with E-state index >= 15 is 0 Å². The Morgan fingerprint density at radius 1 is 1.27 bits per heavy atom. The standard InChI is InChI=1S/C16H24N2O3S/c1-11-13(8-10-15(20)21)22-16(17-11)18-14(19)9-7-12-5-3-2-4-6-12/h12H,2-10H2,1H3,(H,20,21)(H,17,18,19). The van der Waals surface area contributed by atoms with Crippen LogP contribution in [0.5, 0.6) is 0 Å². The lowest BCUT2D eigenvalue weighted by Crippen LogP contribution is -2.14. The van der Waals surface area contributed by atoms with Crippen molar-refractivity contribution in [1.29, 1.82) is 0 Å². The van der Waals surface area contributed by atoms with Gasteiger partial charge >= 0.3 is 5.97 Å². The van der Waals surface area contributed by atoms with Gasteiger partial charge in [0.15, 0.2) is 5.13 Å². The summed E-state index contributed by atoms with van der Waals surface area (Å²) in [7, 11) is 0. The summed E-state index contributed by atoms with van der Waals surface area (Å²) in [5.74, 6) is -0.0985. The van der Waals surface area contributed by atoms with Crippen LogP contribution in [0.4, 0.5) is 5.13 Å². The van der Waals surface area contributed by atoms with Crippen LogP contribution in [0.1, 0.15) is 61.9 Å². The van der Waals surface area contributed by atoms with Gasteiger partial charge in [0, 0.05) is 11.3 Å². The van der Waals surface area contributed by atoms with Crippen molar-refractivity contribution in [3.05, 3.63) is 10.6 Å². The van der Waals surface area contributed by atoms with Crippen LogP contribution in [0.15, 0.2) is 0 Å². The van der Waals surface area contributed by atoms with Crippen molar-refractivity contribution in [2.75, 3.05) is 5.32 Å². The van der Waals surface area contributed by atoms with Crippen molar-refractivity contribution in [1.82, 2.24) is 4.98 Å². The first-order valence-electron chi connectivity index (χ1n) is 8.02. The van der Waals surface area contributed by atoms with E-state index in [4.69, 9.17) is 5.11 Å². The van der Waals surface area contributed by atoms with Crippen molar-refractivity contribution in [2.45, 2.75) is 64.7 Å². The Hall–Kier alpha value is -1.43. The lowest BCUT2D eigenvalue weighted by molar-refractivity contribution is -0.136. The van der Waals surface area contributed by atoms with Gasteiger partial charge < -0.3 is 10.4 Å². The molecule has 1 aromatic heterocycles. The Morgan fingerprint density at radius 2 is 2.00 bits per heavy atom. The predicted octanol–water partition coefficient (Wildman–Crippen LogP) is 3.77. The first kappa shape index (κ1) is 16.9. The first-order chi connectivity index (χ1) is 10.5. The summed E-state index contributed by atoms with van der Waals surface area (Å²) < 4.78 is 0. The van der Waals surface area contributed by atoms with Gasteiger partial charge in [-0.3, -0.25) is 9.59 Å². The molecule has 0 bridgehead atoms. The molecule has 1 fully saturated rings. The van der Waals surface area contributed by atoms with Gasteiger partial charge in [-0.1, -0.05) is 32.1 Å². The van der Waals surface area contributed by atoms with Gasteiger partial charge in [-0.25, -0.2) is 4.98 Å². The fourth-order valence-corrected chi connectivity index (χ4v) is 3.91.